The van der Waals surface area contributed by atoms with Crippen molar-refractivity contribution in [1.29, 1.82) is 0 Å². The fourth-order valence-corrected chi connectivity index (χ4v) is 3.99. The minimum absolute atomic E-state index is 0.0319. The fraction of sp³-hybridized carbons (Fsp3) is 0.579. The molecule has 0 aromatic heterocycles. The Balaban J connectivity index is 1.40. The molecule has 1 aromatic rings. The topological polar surface area (TPSA) is 61.9 Å². The predicted octanol–water partition coefficient (Wildman–Crippen LogP) is 2.75. The van der Waals surface area contributed by atoms with Gasteiger partial charge in [0, 0.05) is 36.8 Å². The molecular formula is C19H24ClN3O3. The van der Waals surface area contributed by atoms with Gasteiger partial charge in [-0.25, -0.2) is 4.79 Å². The molecule has 0 spiro atoms. The maximum atomic E-state index is 12.7. The van der Waals surface area contributed by atoms with Crippen LogP contribution in [0.5, 0.6) is 0 Å². The number of halogens is 1. The van der Waals surface area contributed by atoms with E-state index in [-0.39, 0.29) is 23.9 Å². The first-order valence-electron chi connectivity index (χ1n) is 9.14. The number of carbonyl (C=O) groups is 2. The second-order valence-corrected chi connectivity index (χ2v) is 8.08. The van der Waals surface area contributed by atoms with Crippen LogP contribution in [0.2, 0.25) is 5.02 Å². The minimum Gasteiger partial charge on any atom is -0.368 e. The molecule has 4 rings (SSSR count). The summed E-state index contributed by atoms with van der Waals surface area (Å²) in [5.41, 5.74) is 1.64. The van der Waals surface area contributed by atoms with Gasteiger partial charge in [-0.2, -0.15) is 0 Å². The highest BCUT2D eigenvalue weighted by atomic mass is 35.5. The van der Waals surface area contributed by atoms with Gasteiger partial charge in [0.25, 0.3) is 5.91 Å². The van der Waals surface area contributed by atoms with Crippen LogP contribution in [-0.4, -0.2) is 60.6 Å². The van der Waals surface area contributed by atoms with E-state index in [0.717, 1.165) is 11.3 Å². The zero-order valence-electron chi connectivity index (χ0n) is 15.1. The number of urea groups is 1. The summed E-state index contributed by atoms with van der Waals surface area (Å²) in [6.45, 7) is 3.63. The number of likely N-dealkylation sites (tertiary alicyclic amines) is 2. The maximum absolute atomic E-state index is 12.7. The summed E-state index contributed by atoms with van der Waals surface area (Å²) in [5.74, 6) is 0.707. The van der Waals surface area contributed by atoms with Gasteiger partial charge in [0.1, 0.15) is 6.10 Å². The van der Waals surface area contributed by atoms with Crippen molar-refractivity contribution in [3.8, 4) is 0 Å². The van der Waals surface area contributed by atoms with Crippen molar-refractivity contribution in [3.63, 3.8) is 0 Å². The number of carbonyl (C=O) groups excluding carboxylic acids is 2. The number of likely N-dealkylation sites (N-methyl/N-ethyl adjacent to an activating group) is 1. The Bertz CT molecular complexity index is 737. The van der Waals surface area contributed by atoms with E-state index in [4.69, 9.17) is 16.3 Å². The Hall–Kier alpha value is -1.79. The van der Waals surface area contributed by atoms with Crippen molar-refractivity contribution in [2.24, 2.45) is 11.8 Å². The highest BCUT2D eigenvalue weighted by Gasteiger charge is 2.53. The Morgan fingerprint density at radius 3 is 2.81 bits per heavy atom. The van der Waals surface area contributed by atoms with E-state index >= 15 is 0 Å². The second kappa shape index (κ2) is 6.74. The van der Waals surface area contributed by atoms with E-state index in [9.17, 15) is 9.59 Å². The van der Waals surface area contributed by atoms with Gasteiger partial charge in [-0.05, 0) is 49.4 Å². The molecule has 1 N–H and O–H groups in total. The second-order valence-electron chi connectivity index (χ2n) is 7.68. The average molecular weight is 378 g/mol. The van der Waals surface area contributed by atoms with E-state index < -0.39 is 6.10 Å². The molecule has 6 nitrogen and oxygen atoms in total. The average Bonchev–Trinajstić information content (AvgIpc) is 3.29. The van der Waals surface area contributed by atoms with E-state index in [0.29, 0.717) is 30.6 Å². The SMILES string of the molecule is Cc1cc(NC(=O)N2C[C@@H]3[C@H](OCC4CC4)C(=O)N(C)[C@@H]3C2)ccc1Cl. The number of ether oxygens (including phenoxy) is 1. The molecule has 26 heavy (non-hydrogen) atoms. The van der Waals surface area contributed by atoms with E-state index in [1.54, 1.807) is 21.9 Å². The van der Waals surface area contributed by atoms with Crippen LogP contribution in [-0.2, 0) is 9.53 Å². The summed E-state index contributed by atoms with van der Waals surface area (Å²) in [4.78, 5) is 28.6. The quantitative estimate of drug-likeness (QED) is 0.877. The van der Waals surface area contributed by atoms with Crippen molar-refractivity contribution in [2.75, 3.05) is 32.1 Å². The van der Waals surface area contributed by atoms with Crippen LogP contribution < -0.4 is 5.32 Å². The first kappa shape index (κ1) is 17.6. The summed E-state index contributed by atoms with van der Waals surface area (Å²) in [5, 5.41) is 3.60. The summed E-state index contributed by atoms with van der Waals surface area (Å²) in [7, 11) is 1.81. The molecule has 3 amide bonds. The van der Waals surface area contributed by atoms with Crippen LogP contribution in [0.15, 0.2) is 18.2 Å². The van der Waals surface area contributed by atoms with Crippen LogP contribution in [0.3, 0.4) is 0 Å². The number of anilines is 1. The highest BCUT2D eigenvalue weighted by molar-refractivity contribution is 6.31. The molecule has 2 saturated heterocycles. The molecule has 3 atom stereocenters. The molecule has 1 aromatic carbocycles. The highest BCUT2D eigenvalue weighted by Crippen LogP contribution is 2.36. The third-order valence-electron chi connectivity index (χ3n) is 5.72. The summed E-state index contributed by atoms with van der Waals surface area (Å²) < 4.78 is 5.93. The van der Waals surface area contributed by atoms with Gasteiger partial charge in [-0.1, -0.05) is 11.6 Å². The molecule has 7 heteroatoms. The summed E-state index contributed by atoms with van der Waals surface area (Å²) in [6.07, 6.45) is 1.97. The van der Waals surface area contributed by atoms with Crippen LogP contribution in [0.1, 0.15) is 18.4 Å². The van der Waals surface area contributed by atoms with Crippen molar-refractivity contribution in [2.45, 2.75) is 31.9 Å². The van der Waals surface area contributed by atoms with E-state index in [2.05, 4.69) is 5.32 Å². The number of nitrogens with zero attached hydrogens (tertiary/aromatic N) is 2. The predicted molar refractivity (Wildman–Crippen MR) is 99.3 cm³/mol. The van der Waals surface area contributed by atoms with E-state index in [1.807, 2.05) is 20.0 Å². The first-order valence-corrected chi connectivity index (χ1v) is 9.52. The number of aryl methyl sites for hydroxylation is 1. The lowest BCUT2D eigenvalue weighted by Gasteiger charge is -2.22. The zero-order chi connectivity index (χ0) is 18.4. The third kappa shape index (κ3) is 3.28. The van der Waals surface area contributed by atoms with Crippen LogP contribution in [0.25, 0.3) is 0 Å². The van der Waals surface area contributed by atoms with Gasteiger partial charge in [0.15, 0.2) is 0 Å². The van der Waals surface area contributed by atoms with Gasteiger partial charge >= 0.3 is 6.03 Å². The summed E-state index contributed by atoms with van der Waals surface area (Å²) in [6, 6.07) is 5.31. The lowest BCUT2D eigenvalue weighted by Crippen LogP contribution is -2.40. The minimum atomic E-state index is -0.416. The van der Waals surface area contributed by atoms with Crippen molar-refractivity contribution < 1.29 is 14.3 Å². The fourth-order valence-electron chi connectivity index (χ4n) is 3.88. The van der Waals surface area contributed by atoms with Crippen molar-refractivity contribution >= 4 is 29.2 Å². The third-order valence-corrected chi connectivity index (χ3v) is 6.14. The van der Waals surface area contributed by atoms with Crippen molar-refractivity contribution in [3.05, 3.63) is 28.8 Å². The number of benzene rings is 1. The molecule has 2 aliphatic heterocycles. The Labute approximate surface area is 158 Å². The van der Waals surface area contributed by atoms with Crippen LogP contribution in [0, 0.1) is 18.8 Å². The standard InChI is InChI=1S/C19H24ClN3O3/c1-11-7-13(5-6-15(11)20)21-19(25)23-8-14-16(9-23)22(2)18(24)17(14)26-10-12-3-4-12/h5-7,12,14,16-17H,3-4,8-10H2,1-2H3,(H,21,25)/t14-,16+,17-/m0/s1. The Kier molecular flexibility index (Phi) is 4.57. The number of rotatable bonds is 4. The van der Waals surface area contributed by atoms with Gasteiger partial charge < -0.3 is 19.9 Å². The first-order chi connectivity index (χ1) is 12.4. The smallest absolute Gasteiger partial charge is 0.321 e. The number of hydrogen-bond acceptors (Lipinski definition) is 3. The monoisotopic (exact) mass is 377 g/mol. The normalized spacial score (nSPS) is 27.8. The molecule has 3 aliphatic rings. The largest absolute Gasteiger partial charge is 0.368 e. The molecule has 0 bridgehead atoms. The van der Waals surface area contributed by atoms with Gasteiger partial charge in [-0.15, -0.1) is 0 Å². The lowest BCUT2D eigenvalue weighted by molar-refractivity contribution is -0.138. The van der Waals surface area contributed by atoms with Crippen molar-refractivity contribution in [1.82, 2.24) is 9.80 Å². The van der Waals surface area contributed by atoms with Crippen LogP contribution >= 0.6 is 11.6 Å². The van der Waals surface area contributed by atoms with Gasteiger partial charge in [0.2, 0.25) is 0 Å². The van der Waals surface area contributed by atoms with E-state index in [1.165, 1.54) is 12.8 Å². The Morgan fingerprint density at radius 1 is 1.35 bits per heavy atom. The molecule has 0 radical (unpaired) electrons. The molecule has 3 fully saturated rings. The zero-order valence-corrected chi connectivity index (χ0v) is 15.8. The molecular weight excluding hydrogens is 354 g/mol. The summed E-state index contributed by atoms with van der Waals surface area (Å²) >= 11 is 6.04. The number of amides is 3. The maximum Gasteiger partial charge on any atom is 0.321 e. The number of hydrogen-bond donors (Lipinski definition) is 1. The lowest BCUT2D eigenvalue weighted by atomic mass is 10.0. The Morgan fingerprint density at radius 2 is 2.12 bits per heavy atom. The number of nitrogens with one attached hydrogen (secondary N) is 1. The molecule has 2 heterocycles. The molecule has 0 unspecified atom stereocenters. The van der Waals surface area contributed by atoms with Gasteiger partial charge in [-0.3, -0.25) is 4.79 Å². The van der Waals surface area contributed by atoms with Gasteiger partial charge in [0.05, 0.1) is 12.6 Å². The van der Waals surface area contributed by atoms with Crippen LogP contribution in [0.4, 0.5) is 10.5 Å². The number of fused-ring (bicyclic) bond motifs is 1. The molecule has 1 saturated carbocycles. The molecule has 140 valence electrons. The molecule has 1 aliphatic carbocycles.